The highest BCUT2D eigenvalue weighted by Gasteiger charge is 2.27. The molecule has 0 radical (unpaired) electrons. The van der Waals surface area contributed by atoms with Gasteiger partial charge in [0.15, 0.2) is 0 Å². The molecule has 0 spiro atoms. The van der Waals surface area contributed by atoms with Gasteiger partial charge in [0.05, 0.1) is 6.61 Å². The molecular weight excluding hydrogens is 222 g/mol. The van der Waals surface area contributed by atoms with Crippen molar-refractivity contribution in [1.29, 1.82) is 0 Å². The number of hydrogen-bond donors (Lipinski definition) is 1. The van der Waals surface area contributed by atoms with E-state index in [1.807, 2.05) is 38.3 Å². The van der Waals surface area contributed by atoms with Crippen LogP contribution in [-0.2, 0) is 16.0 Å². The Morgan fingerprint density at radius 2 is 2.31 bits per heavy atom. The molecule has 0 atom stereocenters. The SMILES string of the molecule is CCNC(C)(C)C(=O)OCCc1cccs1. The summed E-state index contributed by atoms with van der Waals surface area (Å²) in [6, 6.07) is 4.05. The van der Waals surface area contributed by atoms with Crippen LogP contribution in [0.1, 0.15) is 25.6 Å². The van der Waals surface area contributed by atoms with Crippen LogP contribution in [0.3, 0.4) is 0 Å². The average Bonchev–Trinajstić information content (AvgIpc) is 2.70. The maximum atomic E-state index is 11.7. The van der Waals surface area contributed by atoms with Crippen molar-refractivity contribution in [3.05, 3.63) is 22.4 Å². The number of ether oxygens (including phenoxy) is 1. The third-order valence-corrected chi connectivity index (χ3v) is 3.23. The van der Waals surface area contributed by atoms with Crippen molar-refractivity contribution in [3.8, 4) is 0 Å². The Bertz CT molecular complexity index is 320. The van der Waals surface area contributed by atoms with E-state index in [9.17, 15) is 4.79 Å². The van der Waals surface area contributed by atoms with Crippen LogP contribution in [0, 0.1) is 0 Å². The first-order valence-electron chi connectivity index (χ1n) is 5.51. The smallest absolute Gasteiger partial charge is 0.325 e. The molecule has 16 heavy (non-hydrogen) atoms. The number of hydrogen-bond acceptors (Lipinski definition) is 4. The Labute approximate surface area is 101 Å². The molecule has 0 amide bonds. The summed E-state index contributed by atoms with van der Waals surface area (Å²) in [6.45, 7) is 6.86. The van der Waals surface area contributed by atoms with Crippen molar-refractivity contribution in [2.45, 2.75) is 32.7 Å². The molecule has 0 aromatic carbocycles. The van der Waals surface area contributed by atoms with Crippen LogP contribution in [0.15, 0.2) is 17.5 Å². The molecule has 0 aliphatic carbocycles. The fraction of sp³-hybridized carbons (Fsp3) is 0.583. The maximum absolute atomic E-state index is 11.7. The summed E-state index contributed by atoms with van der Waals surface area (Å²) >= 11 is 1.69. The van der Waals surface area contributed by atoms with Crippen LogP contribution in [-0.4, -0.2) is 24.7 Å². The minimum absolute atomic E-state index is 0.189. The molecule has 1 rings (SSSR count). The zero-order valence-electron chi connectivity index (χ0n) is 10.1. The molecular formula is C12H19NO2S. The molecule has 90 valence electrons. The van der Waals surface area contributed by atoms with Gasteiger partial charge in [-0.1, -0.05) is 13.0 Å². The molecule has 0 saturated heterocycles. The van der Waals surface area contributed by atoms with Gasteiger partial charge in [-0.2, -0.15) is 0 Å². The first-order valence-corrected chi connectivity index (χ1v) is 6.39. The van der Waals surface area contributed by atoms with Crippen LogP contribution in [0.4, 0.5) is 0 Å². The lowest BCUT2D eigenvalue weighted by Crippen LogP contribution is -2.47. The van der Waals surface area contributed by atoms with E-state index in [0.29, 0.717) is 6.61 Å². The lowest BCUT2D eigenvalue weighted by molar-refractivity contribution is -0.150. The standard InChI is InChI=1S/C12H19NO2S/c1-4-13-12(2,3)11(14)15-8-7-10-6-5-9-16-10/h5-6,9,13H,4,7-8H2,1-3H3. The summed E-state index contributed by atoms with van der Waals surface area (Å²) in [4.78, 5) is 12.9. The lowest BCUT2D eigenvalue weighted by atomic mass is 10.1. The van der Waals surface area contributed by atoms with Crippen molar-refractivity contribution >= 4 is 17.3 Å². The van der Waals surface area contributed by atoms with E-state index < -0.39 is 5.54 Å². The Balaban J connectivity index is 2.30. The normalized spacial score (nSPS) is 11.4. The molecule has 1 heterocycles. The summed E-state index contributed by atoms with van der Waals surface area (Å²) in [5.74, 6) is -0.189. The molecule has 1 aromatic heterocycles. The van der Waals surface area contributed by atoms with Gasteiger partial charge in [-0.15, -0.1) is 11.3 Å². The minimum atomic E-state index is -0.593. The molecule has 0 fully saturated rings. The van der Waals surface area contributed by atoms with E-state index in [0.717, 1.165) is 13.0 Å². The predicted molar refractivity (Wildman–Crippen MR) is 66.7 cm³/mol. The third kappa shape index (κ3) is 3.94. The second-order valence-electron chi connectivity index (χ2n) is 4.12. The second-order valence-corrected chi connectivity index (χ2v) is 5.15. The number of thiophene rings is 1. The fourth-order valence-electron chi connectivity index (χ4n) is 1.39. The van der Waals surface area contributed by atoms with Crippen molar-refractivity contribution in [3.63, 3.8) is 0 Å². The second kappa shape index (κ2) is 6.01. The molecule has 4 heteroatoms. The van der Waals surface area contributed by atoms with Crippen molar-refractivity contribution in [2.24, 2.45) is 0 Å². The van der Waals surface area contributed by atoms with Crippen LogP contribution in [0.2, 0.25) is 0 Å². The topological polar surface area (TPSA) is 38.3 Å². The van der Waals surface area contributed by atoms with Crippen molar-refractivity contribution in [2.75, 3.05) is 13.2 Å². The monoisotopic (exact) mass is 241 g/mol. The van der Waals surface area contributed by atoms with Crippen LogP contribution >= 0.6 is 11.3 Å². The summed E-state index contributed by atoms with van der Waals surface area (Å²) in [7, 11) is 0. The van der Waals surface area contributed by atoms with Crippen LogP contribution in [0.5, 0.6) is 0 Å². The molecule has 0 aliphatic rings. The summed E-state index contributed by atoms with van der Waals surface area (Å²) in [5, 5.41) is 5.12. The Morgan fingerprint density at radius 3 is 2.88 bits per heavy atom. The highest BCUT2D eigenvalue weighted by atomic mass is 32.1. The van der Waals surface area contributed by atoms with Crippen molar-refractivity contribution < 1.29 is 9.53 Å². The Hall–Kier alpha value is -0.870. The van der Waals surface area contributed by atoms with Crippen molar-refractivity contribution in [1.82, 2.24) is 5.32 Å². The van der Waals surface area contributed by atoms with E-state index in [1.54, 1.807) is 11.3 Å². The van der Waals surface area contributed by atoms with E-state index >= 15 is 0 Å². The first kappa shape index (κ1) is 13.2. The van der Waals surface area contributed by atoms with Gasteiger partial charge in [-0.25, -0.2) is 0 Å². The number of carbonyl (C=O) groups is 1. The van der Waals surface area contributed by atoms with Gasteiger partial charge in [0.1, 0.15) is 5.54 Å². The molecule has 0 saturated carbocycles. The van der Waals surface area contributed by atoms with Gasteiger partial charge in [0, 0.05) is 11.3 Å². The summed E-state index contributed by atoms with van der Waals surface area (Å²) in [6.07, 6.45) is 0.797. The first-order chi connectivity index (χ1) is 7.56. The van der Waals surface area contributed by atoms with E-state index in [-0.39, 0.29) is 5.97 Å². The number of esters is 1. The highest BCUT2D eigenvalue weighted by Crippen LogP contribution is 2.10. The van der Waals surface area contributed by atoms with E-state index in [4.69, 9.17) is 4.74 Å². The maximum Gasteiger partial charge on any atom is 0.325 e. The van der Waals surface area contributed by atoms with Gasteiger partial charge in [-0.3, -0.25) is 4.79 Å². The largest absolute Gasteiger partial charge is 0.464 e. The van der Waals surface area contributed by atoms with Gasteiger partial charge in [0.25, 0.3) is 0 Å². The minimum Gasteiger partial charge on any atom is -0.464 e. The molecule has 0 bridgehead atoms. The highest BCUT2D eigenvalue weighted by molar-refractivity contribution is 7.09. The van der Waals surface area contributed by atoms with E-state index in [1.165, 1.54) is 4.88 Å². The average molecular weight is 241 g/mol. The van der Waals surface area contributed by atoms with Gasteiger partial charge >= 0.3 is 5.97 Å². The summed E-state index contributed by atoms with van der Waals surface area (Å²) < 4.78 is 5.24. The Kier molecular flexibility index (Phi) is 4.96. The molecule has 3 nitrogen and oxygen atoms in total. The fourth-order valence-corrected chi connectivity index (χ4v) is 2.08. The van der Waals surface area contributed by atoms with Gasteiger partial charge in [-0.05, 0) is 31.8 Å². The van der Waals surface area contributed by atoms with Crippen LogP contribution < -0.4 is 5.32 Å². The third-order valence-electron chi connectivity index (χ3n) is 2.29. The number of nitrogens with one attached hydrogen (secondary N) is 1. The number of likely N-dealkylation sites (N-methyl/N-ethyl adjacent to an activating group) is 1. The van der Waals surface area contributed by atoms with E-state index in [2.05, 4.69) is 5.32 Å². The van der Waals surface area contributed by atoms with Crippen LogP contribution in [0.25, 0.3) is 0 Å². The number of carbonyl (C=O) groups excluding carboxylic acids is 1. The lowest BCUT2D eigenvalue weighted by Gasteiger charge is -2.23. The van der Waals surface area contributed by atoms with Gasteiger partial charge < -0.3 is 10.1 Å². The zero-order valence-corrected chi connectivity index (χ0v) is 10.9. The molecule has 0 aliphatic heterocycles. The molecule has 0 unspecified atom stereocenters. The predicted octanol–water partition coefficient (Wildman–Crippen LogP) is 2.22. The quantitative estimate of drug-likeness (QED) is 0.776. The zero-order chi connectivity index (χ0) is 12.0. The number of rotatable bonds is 6. The van der Waals surface area contributed by atoms with Gasteiger partial charge in [0.2, 0.25) is 0 Å². The summed E-state index contributed by atoms with van der Waals surface area (Å²) in [5.41, 5.74) is -0.593. The molecule has 1 N–H and O–H groups in total. The Morgan fingerprint density at radius 1 is 1.56 bits per heavy atom. The molecule has 1 aromatic rings.